The van der Waals surface area contributed by atoms with Gasteiger partial charge in [0.2, 0.25) is 0 Å². The van der Waals surface area contributed by atoms with Crippen LogP contribution in [0.3, 0.4) is 0 Å². The summed E-state index contributed by atoms with van der Waals surface area (Å²) in [5.74, 6) is 0. The van der Waals surface area contributed by atoms with Crippen molar-refractivity contribution in [3.8, 4) is 0 Å². The Morgan fingerprint density at radius 3 is 2.89 bits per heavy atom. The number of nitrogens with zero attached hydrogens (tertiary/aromatic N) is 1. The summed E-state index contributed by atoms with van der Waals surface area (Å²) in [6.07, 6.45) is 6.26. The van der Waals surface area contributed by atoms with Crippen LogP contribution in [-0.2, 0) is 6.42 Å². The van der Waals surface area contributed by atoms with Gasteiger partial charge in [0.1, 0.15) is 0 Å². The number of nitrogens with two attached hydrogens (primary N) is 1. The first kappa shape index (κ1) is 14.9. The number of halogens is 1. The zero-order valence-electron chi connectivity index (χ0n) is 12.0. The van der Waals surface area contributed by atoms with Crippen molar-refractivity contribution in [3.63, 3.8) is 0 Å². The van der Waals surface area contributed by atoms with E-state index in [2.05, 4.69) is 52.9 Å². The molecular weight excluding hydrogens is 300 g/mol. The van der Waals surface area contributed by atoms with Gasteiger partial charge in [-0.25, -0.2) is 0 Å². The molecule has 1 heterocycles. The van der Waals surface area contributed by atoms with Crippen LogP contribution in [0.2, 0.25) is 0 Å². The number of anilines is 1. The Morgan fingerprint density at radius 2 is 2.16 bits per heavy atom. The average Bonchev–Trinajstić information content (AvgIpc) is 2.54. The third kappa shape index (κ3) is 3.96. The SMILES string of the molecule is CC(N)Cc1cc(Br)ccc1N1CCCCCC1C. The molecule has 0 amide bonds. The minimum atomic E-state index is 0.204. The van der Waals surface area contributed by atoms with Gasteiger partial charge in [0, 0.05) is 28.8 Å². The topological polar surface area (TPSA) is 29.3 Å². The van der Waals surface area contributed by atoms with E-state index in [0.717, 1.165) is 10.9 Å². The van der Waals surface area contributed by atoms with Crippen LogP contribution >= 0.6 is 15.9 Å². The van der Waals surface area contributed by atoms with E-state index in [0.29, 0.717) is 6.04 Å². The summed E-state index contributed by atoms with van der Waals surface area (Å²) < 4.78 is 1.15. The summed E-state index contributed by atoms with van der Waals surface area (Å²) in [7, 11) is 0. The predicted molar refractivity (Wildman–Crippen MR) is 86.8 cm³/mol. The van der Waals surface area contributed by atoms with Gasteiger partial charge in [-0.1, -0.05) is 28.8 Å². The van der Waals surface area contributed by atoms with E-state index in [1.165, 1.54) is 43.5 Å². The molecular formula is C16H25BrN2. The third-order valence-corrected chi connectivity index (χ3v) is 4.44. The van der Waals surface area contributed by atoms with E-state index >= 15 is 0 Å². The molecule has 1 aliphatic rings. The molecule has 0 aromatic heterocycles. The molecule has 0 radical (unpaired) electrons. The van der Waals surface area contributed by atoms with Crippen molar-refractivity contribution in [1.82, 2.24) is 0 Å². The fraction of sp³-hybridized carbons (Fsp3) is 0.625. The minimum absolute atomic E-state index is 0.204. The number of hydrogen-bond acceptors (Lipinski definition) is 2. The van der Waals surface area contributed by atoms with Gasteiger partial charge in [-0.2, -0.15) is 0 Å². The van der Waals surface area contributed by atoms with Crippen LogP contribution in [0, 0.1) is 0 Å². The molecule has 1 aromatic carbocycles. The molecule has 2 rings (SSSR count). The van der Waals surface area contributed by atoms with Gasteiger partial charge in [-0.05, 0) is 56.9 Å². The van der Waals surface area contributed by atoms with Gasteiger partial charge in [0.05, 0.1) is 0 Å². The number of rotatable bonds is 3. The van der Waals surface area contributed by atoms with Gasteiger partial charge in [-0.3, -0.25) is 0 Å². The summed E-state index contributed by atoms with van der Waals surface area (Å²) >= 11 is 3.58. The van der Waals surface area contributed by atoms with Crippen LogP contribution in [0.4, 0.5) is 5.69 Å². The maximum atomic E-state index is 6.00. The van der Waals surface area contributed by atoms with Crippen LogP contribution in [0.1, 0.15) is 45.1 Å². The fourth-order valence-electron chi connectivity index (χ4n) is 2.98. The third-order valence-electron chi connectivity index (χ3n) is 3.95. The Balaban J connectivity index is 2.30. The molecule has 2 unspecified atom stereocenters. The highest BCUT2D eigenvalue weighted by molar-refractivity contribution is 9.10. The van der Waals surface area contributed by atoms with Crippen LogP contribution in [-0.4, -0.2) is 18.6 Å². The van der Waals surface area contributed by atoms with Crippen LogP contribution in [0.25, 0.3) is 0 Å². The molecule has 3 heteroatoms. The first-order chi connectivity index (χ1) is 9.08. The van der Waals surface area contributed by atoms with E-state index in [1.807, 2.05) is 0 Å². The van der Waals surface area contributed by atoms with Crippen molar-refractivity contribution in [2.45, 2.75) is 58.0 Å². The monoisotopic (exact) mass is 324 g/mol. The van der Waals surface area contributed by atoms with Crippen LogP contribution in [0.5, 0.6) is 0 Å². The molecule has 2 atom stereocenters. The molecule has 1 aromatic rings. The minimum Gasteiger partial charge on any atom is -0.369 e. The Hall–Kier alpha value is -0.540. The summed E-state index contributed by atoms with van der Waals surface area (Å²) in [6.45, 7) is 5.61. The molecule has 19 heavy (non-hydrogen) atoms. The second-order valence-electron chi connectivity index (χ2n) is 5.85. The zero-order valence-corrected chi connectivity index (χ0v) is 13.6. The zero-order chi connectivity index (χ0) is 13.8. The highest BCUT2D eigenvalue weighted by atomic mass is 79.9. The largest absolute Gasteiger partial charge is 0.369 e. The first-order valence-electron chi connectivity index (χ1n) is 7.38. The Bertz CT molecular complexity index is 417. The van der Waals surface area contributed by atoms with E-state index < -0.39 is 0 Å². The molecule has 0 spiro atoms. The summed E-state index contributed by atoms with van der Waals surface area (Å²) in [5.41, 5.74) is 8.76. The van der Waals surface area contributed by atoms with Crippen molar-refractivity contribution in [2.75, 3.05) is 11.4 Å². The van der Waals surface area contributed by atoms with E-state index in [4.69, 9.17) is 5.73 Å². The van der Waals surface area contributed by atoms with Crippen LogP contribution < -0.4 is 10.6 Å². The van der Waals surface area contributed by atoms with Crippen LogP contribution in [0.15, 0.2) is 22.7 Å². The lowest BCUT2D eigenvalue weighted by Crippen LogP contribution is -2.33. The summed E-state index contributed by atoms with van der Waals surface area (Å²) in [5, 5.41) is 0. The normalized spacial score (nSPS) is 22.1. The fourth-order valence-corrected chi connectivity index (χ4v) is 3.39. The Labute approximate surface area is 125 Å². The van der Waals surface area contributed by atoms with Gasteiger partial charge in [0.25, 0.3) is 0 Å². The van der Waals surface area contributed by atoms with Crippen molar-refractivity contribution >= 4 is 21.6 Å². The maximum absolute atomic E-state index is 6.00. The lowest BCUT2D eigenvalue weighted by molar-refractivity contribution is 0.612. The van der Waals surface area contributed by atoms with Crippen molar-refractivity contribution in [1.29, 1.82) is 0 Å². The van der Waals surface area contributed by atoms with Gasteiger partial charge >= 0.3 is 0 Å². The second-order valence-corrected chi connectivity index (χ2v) is 6.76. The highest BCUT2D eigenvalue weighted by Gasteiger charge is 2.20. The molecule has 0 aliphatic carbocycles. The summed E-state index contributed by atoms with van der Waals surface area (Å²) in [6, 6.07) is 7.48. The average molecular weight is 325 g/mol. The molecule has 2 N–H and O–H groups in total. The van der Waals surface area contributed by atoms with Crippen molar-refractivity contribution in [2.24, 2.45) is 5.73 Å². The molecule has 1 fully saturated rings. The molecule has 106 valence electrons. The summed E-state index contributed by atoms with van der Waals surface area (Å²) in [4.78, 5) is 2.58. The lowest BCUT2D eigenvalue weighted by Gasteiger charge is -2.32. The second kappa shape index (κ2) is 6.76. The van der Waals surface area contributed by atoms with Crippen molar-refractivity contribution in [3.05, 3.63) is 28.2 Å². The molecule has 2 nitrogen and oxygen atoms in total. The number of hydrogen-bond donors (Lipinski definition) is 1. The van der Waals surface area contributed by atoms with E-state index in [-0.39, 0.29) is 6.04 Å². The standard InChI is InChI=1S/C16H25BrN2/c1-12(18)10-14-11-15(17)7-8-16(14)19-9-5-3-4-6-13(19)2/h7-8,11-13H,3-6,9-10,18H2,1-2H3. The quantitative estimate of drug-likeness (QED) is 0.906. The smallest absolute Gasteiger partial charge is 0.0402 e. The van der Waals surface area contributed by atoms with Gasteiger partial charge in [0.15, 0.2) is 0 Å². The van der Waals surface area contributed by atoms with Gasteiger partial charge < -0.3 is 10.6 Å². The highest BCUT2D eigenvalue weighted by Crippen LogP contribution is 2.30. The lowest BCUT2D eigenvalue weighted by atomic mass is 10.0. The molecule has 0 bridgehead atoms. The maximum Gasteiger partial charge on any atom is 0.0402 e. The molecule has 1 saturated heterocycles. The predicted octanol–water partition coefficient (Wildman–Crippen LogP) is 4.11. The van der Waals surface area contributed by atoms with E-state index in [1.54, 1.807) is 0 Å². The van der Waals surface area contributed by atoms with Gasteiger partial charge in [-0.15, -0.1) is 0 Å². The Morgan fingerprint density at radius 1 is 1.37 bits per heavy atom. The molecule has 0 saturated carbocycles. The molecule has 1 aliphatic heterocycles. The Kier molecular flexibility index (Phi) is 5.28. The first-order valence-corrected chi connectivity index (χ1v) is 8.18. The van der Waals surface area contributed by atoms with Crippen molar-refractivity contribution < 1.29 is 0 Å². The van der Waals surface area contributed by atoms with E-state index in [9.17, 15) is 0 Å². The number of benzene rings is 1.